The molecule has 30 heavy (non-hydrogen) atoms. The Kier molecular flexibility index (Phi) is 5.60. The molecule has 8 heteroatoms. The number of rotatable bonds is 6. The molecule has 0 saturated heterocycles. The number of thiophene rings is 1. The molecule has 0 bridgehead atoms. The van der Waals surface area contributed by atoms with Crippen molar-refractivity contribution in [3.05, 3.63) is 71.2 Å². The Balaban J connectivity index is 1.52. The zero-order chi connectivity index (χ0) is 21.1. The number of carbonyl (C=O) groups is 2. The summed E-state index contributed by atoms with van der Waals surface area (Å²) in [6.07, 6.45) is 0. The monoisotopic (exact) mass is 420 g/mol. The maximum Gasteiger partial charge on any atom is 0.265 e. The number of methoxy groups -OCH3 is 1. The van der Waals surface area contributed by atoms with Crippen molar-refractivity contribution in [1.82, 2.24) is 9.78 Å². The van der Waals surface area contributed by atoms with Gasteiger partial charge in [0.15, 0.2) is 0 Å². The highest BCUT2D eigenvalue weighted by molar-refractivity contribution is 7.20. The van der Waals surface area contributed by atoms with E-state index in [0.29, 0.717) is 16.3 Å². The summed E-state index contributed by atoms with van der Waals surface area (Å²) in [6, 6.07) is 18.7. The van der Waals surface area contributed by atoms with E-state index in [9.17, 15) is 9.59 Å². The highest BCUT2D eigenvalue weighted by Crippen LogP contribution is 2.31. The molecule has 0 saturated carbocycles. The Morgan fingerprint density at radius 1 is 1.03 bits per heavy atom. The maximum atomic E-state index is 12.8. The van der Waals surface area contributed by atoms with Gasteiger partial charge in [0.2, 0.25) is 5.91 Å². The second kappa shape index (κ2) is 8.48. The largest absolute Gasteiger partial charge is 0.375 e. The van der Waals surface area contributed by atoms with Crippen LogP contribution < -0.4 is 10.6 Å². The number of carbonyl (C=O) groups excluding carboxylic acids is 2. The SMILES string of the molecule is COCC(=O)Nc1ccc(NC(=O)c2cc3c(C)nn(-c4ccccc4)c3s2)cc1. The predicted molar refractivity (Wildman–Crippen MR) is 119 cm³/mol. The fourth-order valence-electron chi connectivity index (χ4n) is 3.06. The minimum absolute atomic E-state index is 0.00967. The van der Waals surface area contributed by atoms with Gasteiger partial charge in [0.25, 0.3) is 5.91 Å². The molecule has 0 spiro atoms. The predicted octanol–water partition coefficient (Wildman–Crippen LogP) is 4.23. The summed E-state index contributed by atoms with van der Waals surface area (Å²) in [5, 5.41) is 11.2. The molecule has 4 rings (SSSR count). The molecule has 0 radical (unpaired) electrons. The van der Waals surface area contributed by atoms with Crippen LogP contribution in [-0.4, -0.2) is 35.3 Å². The van der Waals surface area contributed by atoms with E-state index in [4.69, 9.17) is 4.74 Å². The van der Waals surface area contributed by atoms with Gasteiger partial charge in [-0.2, -0.15) is 5.10 Å². The van der Waals surface area contributed by atoms with E-state index in [-0.39, 0.29) is 18.4 Å². The van der Waals surface area contributed by atoms with E-state index >= 15 is 0 Å². The van der Waals surface area contributed by atoms with Crippen molar-refractivity contribution in [2.24, 2.45) is 0 Å². The number of aryl methyl sites for hydroxylation is 1. The van der Waals surface area contributed by atoms with Crippen LogP contribution in [0.3, 0.4) is 0 Å². The Bertz CT molecular complexity index is 1200. The number of nitrogens with one attached hydrogen (secondary N) is 2. The summed E-state index contributed by atoms with van der Waals surface area (Å²) < 4.78 is 6.66. The third-order valence-corrected chi connectivity index (χ3v) is 5.58. The van der Waals surface area contributed by atoms with Crippen molar-refractivity contribution in [3.63, 3.8) is 0 Å². The second-order valence-electron chi connectivity index (χ2n) is 6.67. The van der Waals surface area contributed by atoms with Gasteiger partial charge in [-0.15, -0.1) is 11.3 Å². The van der Waals surface area contributed by atoms with Crippen LogP contribution in [0.25, 0.3) is 15.9 Å². The lowest BCUT2D eigenvalue weighted by Gasteiger charge is -2.07. The molecule has 0 unspecified atom stereocenters. The maximum absolute atomic E-state index is 12.8. The number of amides is 2. The quantitative estimate of drug-likeness (QED) is 0.489. The molecule has 2 aromatic carbocycles. The number of nitrogens with zero attached hydrogens (tertiary/aromatic N) is 2. The van der Waals surface area contributed by atoms with E-state index in [2.05, 4.69) is 15.7 Å². The number of benzene rings is 2. The Morgan fingerprint density at radius 3 is 2.37 bits per heavy atom. The molecular formula is C22H20N4O3S. The summed E-state index contributed by atoms with van der Waals surface area (Å²) in [5.41, 5.74) is 3.11. The Labute approximate surface area is 177 Å². The van der Waals surface area contributed by atoms with Crippen molar-refractivity contribution in [2.45, 2.75) is 6.92 Å². The average molecular weight is 420 g/mol. The fourth-order valence-corrected chi connectivity index (χ4v) is 4.14. The van der Waals surface area contributed by atoms with Gasteiger partial charge < -0.3 is 15.4 Å². The molecule has 2 heterocycles. The van der Waals surface area contributed by atoms with Crippen molar-refractivity contribution < 1.29 is 14.3 Å². The topological polar surface area (TPSA) is 85.2 Å². The molecule has 0 fully saturated rings. The first-order chi connectivity index (χ1) is 14.5. The summed E-state index contributed by atoms with van der Waals surface area (Å²) in [4.78, 5) is 25.9. The van der Waals surface area contributed by atoms with Crippen LogP contribution in [0.5, 0.6) is 0 Å². The van der Waals surface area contributed by atoms with Crippen LogP contribution in [0.1, 0.15) is 15.4 Å². The number of ether oxygens (including phenoxy) is 1. The number of fused-ring (bicyclic) bond motifs is 1. The van der Waals surface area contributed by atoms with E-state index in [1.807, 2.05) is 48.0 Å². The van der Waals surface area contributed by atoms with Crippen LogP contribution in [0.4, 0.5) is 11.4 Å². The molecule has 0 aliphatic heterocycles. The van der Waals surface area contributed by atoms with Gasteiger partial charge in [-0.3, -0.25) is 9.59 Å². The molecule has 7 nitrogen and oxygen atoms in total. The minimum Gasteiger partial charge on any atom is -0.375 e. The van der Waals surface area contributed by atoms with Crippen LogP contribution in [0.2, 0.25) is 0 Å². The molecule has 2 aromatic heterocycles. The normalized spacial score (nSPS) is 10.9. The minimum atomic E-state index is -0.234. The highest BCUT2D eigenvalue weighted by Gasteiger charge is 2.17. The number of hydrogen-bond donors (Lipinski definition) is 2. The summed E-state index contributed by atoms with van der Waals surface area (Å²) in [6.45, 7) is 1.93. The van der Waals surface area contributed by atoms with Crippen LogP contribution in [-0.2, 0) is 9.53 Å². The molecule has 152 valence electrons. The molecular weight excluding hydrogens is 400 g/mol. The first-order valence-electron chi connectivity index (χ1n) is 9.30. The molecule has 0 atom stereocenters. The van der Waals surface area contributed by atoms with Crippen LogP contribution in [0, 0.1) is 6.92 Å². The van der Waals surface area contributed by atoms with Gasteiger partial charge in [0.1, 0.15) is 11.4 Å². The second-order valence-corrected chi connectivity index (χ2v) is 7.71. The van der Waals surface area contributed by atoms with E-state index < -0.39 is 0 Å². The zero-order valence-electron chi connectivity index (χ0n) is 16.5. The highest BCUT2D eigenvalue weighted by atomic mass is 32.1. The Hall–Kier alpha value is -3.49. The summed E-state index contributed by atoms with van der Waals surface area (Å²) in [7, 11) is 1.46. The lowest BCUT2D eigenvalue weighted by molar-refractivity contribution is -0.119. The number of anilines is 2. The molecule has 2 N–H and O–H groups in total. The average Bonchev–Trinajstić information content (AvgIpc) is 3.31. The zero-order valence-corrected chi connectivity index (χ0v) is 17.3. The van der Waals surface area contributed by atoms with Gasteiger partial charge in [0.05, 0.1) is 16.3 Å². The van der Waals surface area contributed by atoms with Crippen LogP contribution in [0.15, 0.2) is 60.7 Å². The van der Waals surface area contributed by atoms with E-state index in [1.165, 1.54) is 18.4 Å². The van der Waals surface area contributed by atoms with Crippen molar-refractivity contribution in [2.75, 3.05) is 24.4 Å². The fraction of sp³-hybridized carbons (Fsp3) is 0.136. The lowest BCUT2D eigenvalue weighted by Crippen LogP contribution is -2.17. The molecule has 2 amide bonds. The first kappa shape index (κ1) is 19.8. The van der Waals surface area contributed by atoms with E-state index in [1.54, 1.807) is 24.3 Å². The summed E-state index contributed by atoms with van der Waals surface area (Å²) >= 11 is 1.40. The van der Waals surface area contributed by atoms with Gasteiger partial charge >= 0.3 is 0 Å². The molecule has 0 aliphatic rings. The van der Waals surface area contributed by atoms with Gasteiger partial charge in [-0.05, 0) is 49.4 Å². The Morgan fingerprint density at radius 2 is 1.70 bits per heavy atom. The van der Waals surface area contributed by atoms with E-state index in [0.717, 1.165) is 21.6 Å². The first-order valence-corrected chi connectivity index (χ1v) is 10.1. The third kappa shape index (κ3) is 4.10. The number of para-hydroxylation sites is 1. The van der Waals surface area contributed by atoms with Gasteiger partial charge in [-0.1, -0.05) is 18.2 Å². The van der Waals surface area contributed by atoms with Crippen molar-refractivity contribution >= 4 is 44.7 Å². The third-order valence-electron chi connectivity index (χ3n) is 4.47. The summed E-state index contributed by atoms with van der Waals surface area (Å²) in [5.74, 6) is -0.422. The van der Waals surface area contributed by atoms with Crippen molar-refractivity contribution in [1.29, 1.82) is 0 Å². The number of aromatic nitrogens is 2. The standard InChI is InChI=1S/C22H20N4O3S/c1-14-18-12-19(30-22(18)26(25-14)17-6-4-3-5-7-17)21(28)24-16-10-8-15(9-11-16)23-20(27)13-29-2/h3-12H,13H2,1-2H3,(H,23,27)(H,24,28). The molecule has 0 aliphatic carbocycles. The lowest BCUT2D eigenvalue weighted by atomic mass is 10.2. The van der Waals surface area contributed by atoms with Crippen LogP contribution >= 0.6 is 11.3 Å². The molecule has 4 aromatic rings. The van der Waals surface area contributed by atoms with Gasteiger partial charge in [-0.25, -0.2) is 4.68 Å². The smallest absolute Gasteiger partial charge is 0.265 e. The number of hydrogen-bond acceptors (Lipinski definition) is 5. The van der Waals surface area contributed by atoms with Crippen molar-refractivity contribution in [3.8, 4) is 5.69 Å². The van der Waals surface area contributed by atoms with Gasteiger partial charge in [0, 0.05) is 23.9 Å².